The van der Waals surface area contributed by atoms with Gasteiger partial charge in [-0.15, -0.1) is 0 Å². The molecule has 128 valence electrons. The van der Waals surface area contributed by atoms with E-state index in [4.69, 9.17) is 23.2 Å². The van der Waals surface area contributed by atoms with Crippen LogP contribution in [0, 0.1) is 0 Å². The summed E-state index contributed by atoms with van der Waals surface area (Å²) in [5.41, 5.74) is 2.74. The Bertz CT molecular complexity index is 945. The van der Waals surface area contributed by atoms with Gasteiger partial charge in [-0.3, -0.25) is 9.59 Å². The molecule has 0 atom stereocenters. The summed E-state index contributed by atoms with van der Waals surface area (Å²) >= 11 is 12.9. The first-order valence-electron chi connectivity index (χ1n) is 7.24. The first-order chi connectivity index (χ1) is 12.0. The number of halogens is 2. The minimum absolute atomic E-state index is 0.165. The van der Waals surface area contributed by atoms with Crippen molar-refractivity contribution in [1.29, 1.82) is 0 Å². The third kappa shape index (κ3) is 4.45. The van der Waals surface area contributed by atoms with Crippen LogP contribution in [-0.4, -0.2) is 27.1 Å². The van der Waals surface area contributed by atoms with Gasteiger partial charge < -0.3 is 10.6 Å². The number of hydrogen-bond donors (Lipinski definition) is 2. The Morgan fingerprint density at radius 3 is 2.64 bits per heavy atom. The highest BCUT2D eigenvalue weighted by Crippen LogP contribution is 2.20. The van der Waals surface area contributed by atoms with Gasteiger partial charge in [0.15, 0.2) is 0 Å². The van der Waals surface area contributed by atoms with E-state index >= 15 is 0 Å². The quantitative estimate of drug-likeness (QED) is 0.696. The van der Waals surface area contributed by atoms with E-state index in [0.29, 0.717) is 11.6 Å². The molecule has 2 N–H and O–H groups in total. The molecule has 0 aliphatic heterocycles. The monoisotopic (exact) mass is 394 g/mol. The van der Waals surface area contributed by atoms with Crippen molar-refractivity contribution in [3.05, 3.63) is 57.6 Å². The van der Waals surface area contributed by atoms with Gasteiger partial charge in [0.25, 0.3) is 5.91 Å². The van der Waals surface area contributed by atoms with Crippen molar-refractivity contribution in [2.24, 2.45) is 0 Å². The van der Waals surface area contributed by atoms with Crippen LogP contribution in [0.15, 0.2) is 36.4 Å². The van der Waals surface area contributed by atoms with Gasteiger partial charge in [0.05, 0.1) is 28.9 Å². The fraction of sp³-hybridized carbons (Fsp3) is 0.125. The van der Waals surface area contributed by atoms with Gasteiger partial charge in [-0.05, 0) is 35.9 Å². The number of nitrogens with zero attached hydrogens (tertiary/aromatic N) is 2. The van der Waals surface area contributed by atoms with Crippen LogP contribution in [0.4, 0.5) is 0 Å². The Balaban J connectivity index is 1.52. The number of nitrogens with one attached hydrogen (secondary N) is 2. The molecule has 2 amide bonds. The van der Waals surface area contributed by atoms with Crippen molar-refractivity contribution in [1.82, 2.24) is 19.4 Å². The molecule has 0 bridgehead atoms. The molecule has 1 heterocycles. The predicted molar refractivity (Wildman–Crippen MR) is 98.1 cm³/mol. The lowest BCUT2D eigenvalue weighted by atomic mass is 10.2. The minimum atomic E-state index is -0.461. The van der Waals surface area contributed by atoms with Gasteiger partial charge in [0.1, 0.15) is 11.0 Å². The maximum atomic E-state index is 12.1. The highest BCUT2D eigenvalue weighted by molar-refractivity contribution is 7.00. The van der Waals surface area contributed by atoms with Crippen molar-refractivity contribution < 1.29 is 9.59 Å². The number of rotatable bonds is 5. The van der Waals surface area contributed by atoms with Gasteiger partial charge in [-0.25, -0.2) is 0 Å². The summed E-state index contributed by atoms with van der Waals surface area (Å²) in [5, 5.41) is 5.91. The van der Waals surface area contributed by atoms with Gasteiger partial charge in [0, 0.05) is 11.6 Å². The van der Waals surface area contributed by atoms with Crippen LogP contribution in [-0.2, 0) is 11.3 Å². The van der Waals surface area contributed by atoms with Crippen molar-refractivity contribution in [3.63, 3.8) is 0 Å². The van der Waals surface area contributed by atoms with E-state index in [0.717, 1.165) is 28.3 Å². The van der Waals surface area contributed by atoms with Crippen LogP contribution < -0.4 is 10.6 Å². The lowest BCUT2D eigenvalue weighted by Gasteiger charge is -2.08. The van der Waals surface area contributed by atoms with E-state index in [1.807, 2.05) is 18.2 Å². The van der Waals surface area contributed by atoms with E-state index in [1.54, 1.807) is 6.07 Å². The SMILES string of the molecule is O=C(CNC(=O)c1cc(Cl)ccc1Cl)NCc1ccc2nsnc2c1. The number of amides is 2. The van der Waals surface area contributed by atoms with Crippen molar-refractivity contribution >= 4 is 57.8 Å². The molecule has 0 aliphatic rings. The molecule has 0 saturated heterocycles. The largest absolute Gasteiger partial charge is 0.350 e. The van der Waals surface area contributed by atoms with Crippen LogP contribution in [0.5, 0.6) is 0 Å². The van der Waals surface area contributed by atoms with Gasteiger partial charge in [-0.2, -0.15) is 8.75 Å². The molecule has 2 aromatic carbocycles. The molecule has 3 rings (SSSR count). The molecule has 0 unspecified atom stereocenters. The zero-order valence-corrected chi connectivity index (χ0v) is 15.1. The number of aromatic nitrogens is 2. The van der Waals surface area contributed by atoms with E-state index in [9.17, 15) is 9.59 Å². The molecular weight excluding hydrogens is 383 g/mol. The molecule has 0 fully saturated rings. The minimum Gasteiger partial charge on any atom is -0.350 e. The van der Waals surface area contributed by atoms with Gasteiger partial charge in [0.2, 0.25) is 5.91 Å². The van der Waals surface area contributed by atoms with Crippen LogP contribution in [0.25, 0.3) is 11.0 Å². The molecule has 25 heavy (non-hydrogen) atoms. The summed E-state index contributed by atoms with van der Waals surface area (Å²) in [5.74, 6) is -0.777. The third-order valence-electron chi connectivity index (χ3n) is 3.39. The van der Waals surface area contributed by atoms with E-state index in [-0.39, 0.29) is 23.0 Å². The normalized spacial score (nSPS) is 10.6. The summed E-state index contributed by atoms with van der Waals surface area (Å²) in [7, 11) is 0. The Morgan fingerprint density at radius 1 is 1.00 bits per heavy atom. The Labute approximate surface area is 157 Å². The van der Waals surface area contributed by atoms with Crippen LogP contribution in [0.3, 0.4) is 0 Å². The first-order valence-corrected chi connectivity index (χ1v) is 8.73. The summed E-state index contributed by atoms with van der Waals surface area (Å²) in [4.78, 5) is 24.0. The highest BCUT2D eigenvalue weighted by atomic mass is 35.5. The molecule has 1 aromatic heterocycles. The maximum Gasteiger partial charge on any atom is 0.253 e. The first kappa shape index (κ1) is 17.6. The Morgan fingerprint density at radius 2 is 1.80 bits per heavy atom. The third-order valence-corrected chi connectivity index (χ3v) is 4.51. The average Bonchev–Trinajstić information content (AvgIpc) is 3.07. The molecule has 6 nitrogen and oxygen atoms in total. The Hall–Kier alpha value is -2.22. The van der Waals surface area contributed by atoms with Crippen molar-refractivity contribution in [2.45, 2.75) is 6.54 Å². The van der Waals surface area contributed by atoms with E-state index in [1.165, 1.54) is 12.1 Å². The van der Waals surface area contributed by atoms with Crippen LogP contribution >= 0.6 is 34.9 Å². The lowest BCUT2D eigenvalue weighted by molar-refractivity contribution is -0.120. The predicted octanol–water partition coefficient (Wildman–Crippen LogP) is 3.04. The number of carbonyl (C=O) groups excluding carboxylic acids is 2. The Kier molecular flexibility index (Phi) is 5.47. The van der Waals surface area contributed by atoms with Crippen LogP contribution in [0.1, 0.15) is 15.9 Å². The molecule has 0 saturated carbocycles. The standard InChI is InChI=1S/C16H12Cl2N4O2S/c17-10-2-3-12(18)11(6-10)16(24)20-8-15(23)19-7-9-1-4-13-14(5-9)22-25-21-13/h1-6H,7-8H2,(H,19,23)(H,20,24). The van der Waals surface area contributed by atoms with Gasteiger partial charge in [-0.1, -0.05) is 29.3 Å². The molecule has 0 spiro atoms. The molecule has 0 aliphatic carbocycles. The van der Waals surface area contributed by atoms with Gasteiger partial charge >= 0.3 is 0 Å². The van der Waals surface area contributed by atoms with E-state index in [2.05, 4.69) is 19.4 Å². The molecular formula is C16H12Cl2N4O2S. The summed E-state index contributed by atoms with van der Waals surface area (Å²) < 4.78 is 8.27. The van der Waals surface area contributed by atoms with Crippen LogP contribution in [0.2, 0.25) is 10.0 Å². The fourth-order valence-electron chi connectivity index (χ4n) is 2.13. The highest BCUT2D eigenvalue weighted by Gasteiger charge is 2.12. The molecule has 9 heteroatoms. The van der Waals surface area contributed by atoms with Crippen molar-refractivity contribution in [2.75, 3.05) is 6.54 Å². The summed E-state index contributed by atoms with van der Waals surface area (Å²) in [6, 6.07) is 10.2. The lowest BCUT2D eigenvalue weighted by Crippen LogP contribution is -2.36. The second-order valence-electron chi connectivity index (χ2n) is 5.17. The number of carbonyl (C=O) groups is 2. The smallest absolute Gasteiger partial charge is 0.253 e. The number of hydrogen-bond acceptors (Lipinski definition) is 5. The number of fused-ring (bicyclic) bond motifs is 1. The average molecular weight is 395 g/mol. The zero-order valence-electron chi connectivity index (χ0n) is 12.8. The fourth-order valence-corrected chi connectivity index (χ4v) is 3.02. The molecule has 3 aromatic rings. The molecule has 0 radical (unpaired) electrons. The maximum absolute atomic E-state index is 12.1. The second-order valence-corrected chi connectivity index (χ2v) is 6.54. The van der Waals surface area contributed by atoms with Crippen molar-refractivity contribution in [3.8, 4) is 0 Å². The topological polar surface area (TPSA) is 84.0 Å². The second kappa shape index (κ2) is 7.77. The number of benzene rings is 2. The summed E-state index contributed by atoms with van der Waals surface area (Å²) in [6.07, 6.45) is 0. The summed E-state index contributed by atoms with van der Waals surface area (Å²) in [6.45, 7) is 0.169. The zero-order chi connectivity index (χ0) is 17.8. The van der Waals surface area contributed by atoms with E-state index < -0.39 is 5.91 Å².